The van der Waals surface area contributed by atoms with Crippen molar-refractivity contribution < 1.29 is 9.90 Å². The van der Waals surface area contributed by atoms with Crippen molar-refractivity contribution in [2.24, 2.45) is 0 Å². The Labute approximate surface area is 135 Å². The van der Waals surface area contributed by atoms with Gasteiger partial charge in [-0.2, -0.15) is 0 Å². The number of carboxylic acids is 1. The molecule has 0 saturated carbocycles. The van der Waals surface area contributed by atoms with E-state index >= 15 is 0 Å². The normalized spacial score (nSPS) is 10.7. The molecule has 0 aliphatic carbocycles. The lowest BCUT2D eigenvalue weighted by molar-refractivity contribution is -0.136. The van der Waals surface area contributed by atoms with Gasteiger partial charge in [0.1, 0.15) is 0 Å². The van der Waals surface area contributed by atoms with Crippen LogP contribution in [0.5, 0.6) is 0 Å². The second-order valence-electron chi connectivity index (χ2n) is 5.64. The molecule has 1 aromatic heterocycles. The smallest absolute Gasteiger partial charge is 0.303 e. The van der Waals surface area contributed by atoms with Gasteiger partial charge < -0.3 is 9.67 Å². The summed E-state index contributed by atoms with van der Waals surface area (Å²) in [6.07, 6.45) is 0.639. The lowest BCUT2D eigenvalue weighted by Crippen LogP contribution is -2.05. The largest absolute Gasteiger partial charge is 0.481 e. The van der Waals surface area contributed by atoms with Crippen LogP contribution in [0.1, 0.15) is 17.7 Å². The molecule has 0 bridgehead atoms. The number of nitrogens with zero attached hydrogens (tertiary/aromatic N) is 1. The van der Waals surface area contributed by atoms with Crippen molar-refractivity contribution in [2.75, 3.05) is 0 Å². The molecule has 0 radical (unpaired) electrons. The average Bonchev–Trinajstić information content (AvgIpc) is 2.98. The first kappa shape index (κ1) is 15.1. The van der Waals surface area contributed by atoms with Crippen LogP contribution in [-0.4, -0.2) is 15.6 Å². The molecule has 1 heterocycles. The molecule has 0 amide bonds. The highest BCUT2D eigenvalue weighted by Crippen LogP contribution is 2.27. The quantitative estimate of drug-likeness (QED) is 0.755. The average molecular weight is 305 g/mol. The third-order valence-corrected chi connectivity index (χ3v) is 3.92. The van der Waals surface area contributed by atoms with E-state index in [9.17, 15) is 4.79 Å². The number of carboxylic acid groups (broad SMARTS) is 1. The van der Waals surface area contributed by atoms with E-state index in [1.165, 1.54) is 5.56 Å². The van der Waals surface area contributed by atoms with Gasteiger partial charge in [-0.05, 0) is 43.2 Å². The first-order valence-electron chi connectivity index (χ1n) is 7.70. The van der Waals surface area contributed by atoms with Crippen molar-refractivity contribution in [3.8, 4) is 16.9 Å². The minimum Gasteiger partial charge on any atom is -0.481 e. The number of carbonyl (C=O) groups is 1. The zero-order valence-electron chi connectivity index (χ0n) is 13.1. The van der Waals surface area contributed by atoms with E-state index in [1.54, 1.807) is 0 Å². The second kappa shape index (κ2) is 6.53. The SMILES string of the molecule is Cc1ccc(-c2ccc(CCC(=O)O)n2-c2ccccc2)cc1. The maximum Gasteiger partial charge on any atom is 0.303 e. The van der Waals surface area contributed by atoms with Crippen LogP contribution in [0.25, 0.3) is 16.9 Å². The molecule has 0 spiro atoms. The van der Waals surface area contributed by atoms with Crippen molar-refractivity contribution in [1.82, 2.24) is 4.57 Å². The number of rotatable bonds is 5. The molecule has 2 aromatic carbocycles. The standard InChI is InChI=1S/C20H19NO2/c1-15-7-9-16(10-8-15)19-13-11-18(12-14-20(22)23)21(19)17-5-3-2-4-6-17/h2-11,13H,12,14H2,1H3,(H,22,23). The molecule has 3 aromatic rings. The molecular formula is C20H19NO2. The molecule has 0 aliphatic heterocycles. The summed E-state index contributed by atoms with van der Waals surface area (Å²) < 4.78 is 2.15. The van der Waals surface area contributed by atoms with Crippen LogP contribution in [-0.2, 0) is 11.2 Å². The summed E-state index contributed by atoms with van der Waals surface area (Å²) in [6.45, 7) is 2.07. The maximum absolute atomic E-state index is 10.9. The predicted molar refractivity (Wildman–Crippen MR) is 91.9 cm³/mol. The molecule has 23 heavy (non-hydrogen) atoms. The number of benzene rings is 2. The Morgan fingerprint density at radius 1 is 0.957 bits per heavy atom. The molecule has 0 atom stereocenters. The summed E-state index contributed by atoms with van der Waals surface area (Å²) in [5.41, 5.74) is 5.48. The highest BCUT2D eigenvalue weighted by molar-refractivity contribution is 5.68. The summed E-state index contributed by atoms with van der Waals surface area (Å²) in [4.78, 5) is 10.9. The third kappa shape index (κ3) is 3.34. The number of aromatic nitrogens is 1. The van der Waals surface area contributed by atoms with Gasteiger partial charge in [0.15, 0.2) is 0 Å². The van der Waals surface area contributed by atoms with Crippen LogP contribution in [0.3, 0.4) is 0 Å². The van der Waals surface area contributed by atoms with Crippen molar-refractivity contribution in [3.05, 3.63) is 78.0 Å². The van der Waals surface area contributed by atoms with Crippen molar-refractivity contribution in [3.63, 3.8) is 0 Å². The molecule has 0 saturated heterocycles. The summed E-state index contributed by atoms with van der Waals surface area (Å²) in [5.74, 6) is -0.775. The second-order valence-corrected chi connectivity index (χ2v) is 5.64. The van der Waals surface area contributed by atoms with Crippen molar-refractivity contribution in [1.29, 1.82) is 0 Å². The van der Waals surface area contributed by atoms with Gasteiger partial charge in [0.2, 0.25) is 0 Å². The van der Waals surface area contributed by atoms with Gasteiger partial charge in [0.05, 0.1) is 12.1 Å². The first-order chi connectivity index (χ1) is 11.1. The summed E-state index contributed by atoms with van der Waals surface area (Å²) in [7, 11) is 0. The molecule has 3 nitrogen and oxygen atoms in total. The Bertz CT molecular complexity index is 801. The Morgan fingerprint density at radius 2 is 1.65 bits per heavy atom. The highest BCUT2D eigenvalue weighted by Gasteiger charge is 2.12. The van der Waals surface area contributed by atoms with Crippen molar-refractivity contribution in [2.45, 2.75) is 19.8 Å². The number of para-hydroxylation sites is 1. The van der Waals surface area contributed by atoms with E-state index in [2.05, 4.69) is 41.8 Å². The van der Waals surface area contributed by atoms with Gasteiger partial charge in [-0.15, -0.1) is 0 Å². The van der Waals surface area contributed by atoms with Gasteiger partial charge >= 0.3 is 5.97 Å². The van der Waals surface area contributed by atoms with Crippen LogP contribution >= 0.6 is 0 Å². The first-order valence-corrected chi connectivity index (χ1v) is 7.70. The van der Waals surface area contributed by atoms with Crippen LogP contribution in [0.15, 0.2) is 66.7 Å². The lowest BCUT2D eigenvalue weighted by Gasteiger charge is -2.14. The van der Waals surface area contributed by atoms with Gasteiger partial charge in [0, 0.05) is 11.4 Å². The monoisotopic (exact) mass is 305 g/mol. The Hall–Kier alpha value is -2.81. The topological polar surface area (TPSA) is 42.2 Å². The van der Waals surface area contributed by atoms with E-state index in [0.717, 1.165) is 22.6 Å². The molecule has 3 heteroatoms. The summed E-state index contributed by atoms with van der Waals surface area (Å²) in [6, 6.07) is 22.5. The predicted octanol–water partition coefficient (Wildman–Crippen LogP) is 4.47. The molecule has 0 aliphatic rings. The van der Waals surface area contributed by atoms with Crippen molar-refractivity contribution >= 4 is 5.97 Å². The molecule has 116 valence electrons. The van der Waals surface area contributed by atoms with E-state index in [-0.39, 0.29) is 6.42 Å². The minimum atomic E-state index is -0.775. The van der Waals surface area contributed by atoms with Crippen LogP contribution in [0.4, 0.5) is 0 Å². The van der Waals surface area contributed by atoms with Crippen LogP contribution < -0.4 is 0 Å². The molecule has 3 rings (SSSR count). The number of aryl methyl sites for hydroxylation is 2. The Balaban J connectivity index is 2.09. The van der Waals surface area contributed by atoms with E-state index in [4.69, 9.17) is 5.11 Å². The third-order valence-electron chi connectivity index (χ3n) is 3.92. The minimum absolute atomic E-state index is 0.129. The number of hydrogen-bond acceptors (Lipinski definition) is 1. The van der Waals surface area contributed by atoms with Gasteiger partial charge in [0.25, 0.3) is 0 Å². The summed E-state index contributed by atoms with van der Waals surface area (Å²) in [5, 5.41) is 8.98. The van der Waals surface area contributed by atoms with E-state index in [1.807, 2.05) is 36.4 Å². The molecule has 1 N–H and O–H groups in total. The molecule has 0 unspecified atom stereocenters. The molecule has 0 fully saturated rings. The fourth-order valence-corrected chi connectivity index (χ4v) is 2.74. The number of hydrogen-bond donors (Lipinski definition) is 1. The lowest BCUT2D eigenvalue weighted by atomic mass is 10.1. The van der Waals surface area contributed by atoms with E-state index < -0.39 is 5.97 Å². The van der Waals surface area contributed by atoms with Gasteiger partial charge in [-0.25, -0.2) is 0 Å². The van der Waals surface area contributed by atoms with Crippen LogP contribution in [0.2, 0.25) is 0 Å². The zero-order chi connectivity index (χ0) is 16.2. The van der Waals surface area contributed by atoms with Gasteiger partial charge in [-0.1, -0.05) is 48.0 Å². The Morgan fingerprint density at radius 3 is 2.30 bits per heavy atom. The van der Waals surface area contributed by atoms with Crippen LogP contribution in [0, 0.1) is 6.92 Å². The zero-order valence-corrected chi connectivity index (χ0v) is 13.1. The maximum atomic E-state index is 10.9. The fourth-order valence-electron chi connectivity index (χ4n) is 2.74. The fraction of sp³-hybridized carbons (Fsp3) is 0.150. The van der Waals surface area contributed by atoms with Gasteiger partial charge in [-0.3, -0.25) is 4.79 Å². The van der Waals surface area contributed by atoms with E-state index in [0.29, 0.717) is 6.42 Å². The highest BCUT2D eigenvalue weighted by atomic mass is 16.4. The molecular weight excluding hydrogens is 286 g/mol. The summed E-state index contributed by atoms with van der Waals surface area (Å²) >= 11 is 0. The number of aliphatic carboxylic acids is 1. The Kier molecular flexibility index (Phi) is 4.29.